The van der Waals surface area contributed by atoms with Crippen molar-refractivity contribution < 1.29 is 23.7 Å². The highest BCUT2D eigenvalue weighted by atomic mass is 32.1. The van der Waals surface area contributed by atoms with Gasteiger partial charge in [0.25, 0.3) is 0 Å². The second kappa shape index (κ2) is 12.4. The molecule has 2 rings (SSSR count). The van der Waals surface area contributed by atoms with Crippen molar-refractivity contribution in [3.63, 3.8) is 0 Å². The van der Waals surface area contributed by atoms with Gasteiger partial charge in [-0.1, -0.05) is 6.92 Å². The van der Waals surface area contributed by atoms with E-state index in [1.54, 1.807) is 11.3 Å². The molecule has 1 aromatic heterocycles. The number of aryl methyl sites for hydroxylation is 1. The Morgan fingerprint density at radius 3 is 2.96 bits per heavy atom. The molecule has 0 amide bonds. The van der Waals surface area contributed by atoms with E-state index in [-0.39, 0.29) is 31.1 Å². The molecule has 0 saturated carbocycles. The van der Waals surface area contributed by atoms with Gasteiger partial charge < -0.3 is 19.3 Å². The first-order valence-corrected chi connectivity index (χ1v) is 10.8. The minimum absolute atomic E-state index is 0.0922. The van der Waals surface area contributed by atoms with Crippen LogP contribution in [0.1, 0.15) is 50.2 Å². The van der Waals surface area contributed by atoms with E-state index in [0.29, 0.717) is 13.2 Å². The van der Waals surface area contributed by atoms with Crippen molar-refractivity contribution in [1.29, 1.82) is 0 Å². The van der Waals surface area contributed by atoms with Crippen LogP contribution in [0.5, 0.6) is 0 Å². The SMILES string of the molecule is C/C(=C\c1csc(C)n1)[C@@H](O)C/C=C(/F)COC[C@H](C)COC1CCCCO1. The lowest BCUT2D eigenvalue weighted by Crippen LogP contribution is -2.25. The highest BCUT2D eigenvalue weighted by Crippen LogP contribution is 2.17. The smallest absolute Gasteiger partial charge is 0.157 e. The standard InChI is InChI=1S/C21H32FNO4S/c1-15(12-27-21-6-4-5-9-26-21)11-25-13-18(22)7-8-20(24)16(2)10-19-14-28-17(3)23-19/h7,10,14-15,20-21,24H,4-6,8-9,11-13H2,1-3H3/b16-10+,18-7+/t15-,20-,21?/m0/s1. The molecule has 0 radical (unpaired) electrons. The van der Waals surface area contributed by atoms with Gasteiger partial charge >= 0.3 is 0 Å². The number of hydrogen-bond donors (Lipinski definition) is 1. The summed E-state index contributed by atoms with van der Waals surface area (Å²) >= 11 is 1.56. The Morgan fingerprint density at radius 2 is 2.29 bits per heavy atom. The zero-order valence-electron chi connectivity index (χ0n) is 17.0. The van der Waals surface area contributed by atoms with E-state index in [4.69, 9.17) is 14.2 Å². The zero-order chi connectivity index (χ0) is 20.4. The molecule has 28 heavy (non-hydrogen) atoms. The first kappa shape index (κ1) is 23.2. The Kier molecular flexibility index (Phi) is 10.3. The third kappa shape index (κ3) is 8.92. The van der Waals surface area contributed by atoms with Crippen molar-refractivity contribution in [3.8, 4) is 0 Å². The molecule has 1 saturated heterocycles. The van der Waals surface area contributed by atoms with Gasteiger partial charge in [0.05, 0.1) is 36.6 Å². The van der Waals surface area contributed by atoms with Crippen molar-refractivity contribution in [2.45, 2.75) is 58.8 Å². The van der Waals surface area contributed by atoms with E-state index in [9.17, 15) is 9.50 Å². The van der Waals surface area contributed by atoms with Crippen molar-refractivity contribution in [3.05, 3.63) is 33.6 Å². The first-order valence-electron chi connectivity index (χ1n) is 9.88. The second-order valence-electron chi connectivity index (χ2n) is 7.33. The highest BCUT2D eigenvalue weighted by molar-refractivity contribution is 7.09. The number of aliphatic hydroxyl groups is 1. The predicted octanol–water partition coefficient (Wildman–Crippen LogP) is 4.66. The summed E-state index contributed by atoms with van der Waals surface area (Å²) in [7, 11) is 0. The van der Waals surface area contributed by atoms with Crippen LogP contribution in [0.25, 0.3) is 6.08 Å². The first-order chi connectivity index (χ1) is 13.4. The van der Waals surface area contributed by atoms with Crippen LogP contribution in [-0.2, 0) is 14.2 Å². The Labute approximate surface area is 171 Å². The maximum absolute atomic E-state index is 13.9. The molecule has 2 heterocycles. The largest absolute Gasteiger partial charge is 0.388 e. The fraction of sp³-hybridized carbons (Fsp3) is 0.667. The summed E-state index contributed by atoms with van der Waals surface area (Å²) in [5.41, 5.74) is 1.58. The van der Waals surface area contributed by atoms with Crippen LogP contribution in [0.3, 0.4) is 0 Å². The van der Waals surface area contributed by atoms with Crippen molar-refractivity contribution in [2.75, 3.05) is 26.4 Å². The van der Waals surface area contributed by atoms with Gasteiger partial charge in [-0.05, 0) is 57.3 Å². The molecule has 0 aromatic carbocycles. The summed E-state index contributed by atoms with van der Waals surface area (Å²) in [4.78, 5) is 4.33. The topological polar surface area (TPSA) is 60.8 Å². The Morgan fingerprint density at radius 1 is 1.46 bits per heavy atom. The summed E-state index contributed by atoms with van der Waals surface area (Å²) < 4.78 is 30.6. The van der Waals surface area contributed by atoms with Crippen LogP contribution >= 0.6 is 11.3 Å². The maximum atomic E-state index is 13.9. The predicted molar refractivity (Wildman–Crippen MR) is 110 cm³/mol. The van der Waals surface area contributed by atoms with Gasteiger partial charge in [-0.3, -0.25) is 0 Å². The quantitative estimate of drug-likeness (QED) is 0.572. The highest BCUT2D eigenvalue weighted by Gasteiger charge is 2.15. The van der Waals surface area contributed by atoms with Crippen molar-refractivity contribution in [1.82, 2.24) is 4.98 Å². The number of rotatable bonds is 11. The molecule has 1 N–H and O–H groups in total. The van der Waals surface area contributed by atoms with E-state index in [0.717, 1.165) is 42.1 Å². The zero-order valence-corrected chi connectivity index (χ0v) is 17.8. The molecule has 3 atom stereocenters. The average Bonchev–Trinajstić information content (AvgIpc) is 3.09. The molecule has 1 aliphatic rings. The van der Waals surface area contributed by atoms with E-state index in [2.05, 4.69) is 4.98 Å². The van der Waals surface area contributed by atoms with Gasteiger partial charge in [0.2, 0.25) is 0 Å². The number of hydrogen-bond acceptors (Lipinski definition) is 6. The van der Waals surface area contributed by atoms with Crippen LogP contribution in [0, 0.1) is 12.8 Å². The summed E-state index contributed by atoms with van der Waals surface area (Å²) in [6.07, 6.45) is 5.73. The molecule has 0 aliphatic carbocycles. The molecule has 5 nitrogen and oxygen atoms in total. The number of halogens is 1. The minimum atomic E-state index is -0.740. The van der Waals surface area contributed by atoms with Crippen LogP contribution < -0.4 is 0 Å². The Bertz CT molecular complexity index is 640. The van der Waals surface area contributed by atoms with Gasteiger partial charge in [-0.2, -0.15) is 0 Å². The molecular formula is C21H32FNO4S. The van der Waals surface area contributed by atoms with Gasteiger partial charge in [-0.25, -0.2) is 9.37 Å². The summed E-state index contributed by atoms with van der Waals surface area (Å²) in [6.45, 7) is 7.37. The Balaban J connectivity index is 1.62. The maximum Gasteiger partial charge on any atom is 0.157 e. The van der Waals surface area contributed by atoms with Gasteiger partial charge in [0.1, 0.15) is 5.83 Å². The monoisotopic (exact) mass is 413 g/mol. The lowest BCUT2D eigenvalue weighted by molar-refractivity contribution is -0.170. The lowest BCUT2D eigenvalue weighted by Gasteiger charge is -2.24. The molecule has 1 aliphatic heterocycles. The molecular weight excluding hydrogens is 381 g/mol. The van der Waals surface area contributed by atoms with Crippen molar-refractivity contribution >= 4 is 17.4 Å². The summed E-state index contributed by atoms with van der Waals surface area (Å²) in [6, 6.07) is 0. The lowest BCUT2D eigenvalue weighted by atomic mass is 10.1. The molecule has 1 unspecified atom stereocenters. The molecule has 1 aromatic rings. The Hall–Kier alpha value is -1.12. The van der Waals surface area contributed by atoms with Crippen LogP contribution in [0.15, 0.2) is 22.9 Å². The number of aromatic nitrogens is 1. The number of thiazole rings is 1. The van der Waals surface area contributed by atoms with Crippen LogP contribution in [0.4, 0.5) is 4.39 Å². The molecule has 0 spiro atoms. The van der Waals surface area contributed by atoms with E-state index in [1.807, 2.05) is 32.2 Å². The summed E-state index contributed by atoms with van der Waals surface area (Å²) in [5.74, 6) is -0.212. The molecule has 1 fully saturated rings. The van der Waals surface area contributed by atoms with Gasteiger partial charge in [0, 0.05) is 17.9 Å². The van der Waals surface area contributed by atoms with Crippen molar-refractivity contribution in [2.24, 2.45) is 5.92 Å². The third-order valence-corrected chi connectivity index (χ3v) is 5.24. The van der Waals surface area contributed by atoms with E-state index >= 15 is 0 Å². The summed E-state index contributed by atoms with van der Waals surface area (Å²) in [5, 5.41) is 13.1. The number of aliphatic hydroxyl groups excluding tert-OH is 1. The second-order valence-corrected chi connectivity index (χ2v) is 8.39. The third-order valence-electron chi connectivity index (χ3n) is 4.45. The minimum Gasteiger partial charge on any atom is -0.388 e. The molecule has 158 valence electrons. The van der Waals surface area contributed by atoms with Gasteiger partial charge in [0.15, 0.2) is 6.29 Å². The fourth-order valence-electron chi connectivity index (χ4n) is 2.78. The fourth-order valence-corrected chi connectivity index (χ4v) is 3.35. The molecule has 7 heteroatoms. The number of ether oxygens (including phenoxy) is 3. The van der Waals surface area contributed by atoms with E-state index in [1.165, 1.54) is 6.08 Å². The van der Waals surface area contributed by atoms with Crippen LogP contribution in [-0.4, -0.2) is 48.9 Å². The van der Waals surface area contributed by atoms with Gasteiger partial charge in [-0.15, -0.1) is 11.3 Å². The average molecular weight is 414 g/mol. The van der Waals surface area contributed by atoms with E-state index < -0.39 is 6.10 Å². The van der Waals surface area contributed by atoms with Crippen LogP contribution in [0.2, 0.25) is 0 Å². The number of nitrogens with zero attached hydrogens (tertiary/aromatic N) is 1. The normalized spacial score (nSPS) is 21.0. The molecule has 0 bridgehead atoms.